The van der Waals surface area contributed by atoms with Crippen LogP contribution in [0.2, 0.25) is 5.02 Å². The lowest BCUT2D eigenvalue weighted by Crippen LogP contribution is -2.51. The number of carbonyl (C=O) groups excluding carboxylic acids is 2. The molecule has 1 fully saturated rings. The molecular formula is C21H26ClF3N4O2. The topological polar surface area (TPSA) is 55.9 Å². The summed E-state index contributed by atoms with van der Waals surface area (Å²) in [5.41, 5.74) is 0.148. The molecule has 0 radical (unpaired) electrons. The molecule has 6 nitrogen and oxygen atoms in total. The van der Waals surface area contributed by atoms with Crippen molar-refractivity contribution in [1.82, 2.24) is 14.7 Å². The molecule has 1 aliphatic heterocycles. The third-order valence-corrected chi connectivity index (χ3v) is 5.90. The van der Waals surface area contributed by atoms with E-state index in [1.165, 1.54) is 6.07 Å². The van der Waals surface area contributed by atoms with E-state index in [9.17, 15) is 22.8 Å². The van der Waals surface area contributed by atoms with Gasteiger partial charge in [-0.2, -0.15) is 13.2 Å². The van der Waals surface area contributed by atoms with Gasteiger partial charge in [0, 0.05) is 44.6 Å². The van der Waals surface area contributed by atoms with E-state index in [4.69, 9.17) is 11.6 Å². The standard InChI is InChI=1S/C21H26ClF3N4O2/c1-27(16-4-2-3-5-16)20(31)14-29-10-8-28(9-11-29)13-19(30)26-15-6-7-18(22)17(12-15)21(23,24)25/h4,6-7,12H,2-3,5,8-11,13-14H2,1H3,(H,26,30). The maximum Gasteiger partial charge on any atom is 0.417 e. The van der Waals surface area contributed by atoms with Gasteiger partial charge >= 0.3 is 6.18 Å². The number of alkyl halides is 3. The molecule has 0 bridgehead atoms. The van der Waals surface area contributed by atoms with Gasteiger partial charge in [-0.3, -0.25) is 19.4 Å². The van der Waals surface area contributed by atoms with E-state index in [0.717, 1.165) is 37.1 Å². The Morgan fingerprint density at radius 2 is 1.77 bits per heavy atom. The lowest BCUT2D eigenvalue weighted by atomic mass is 10.2. The Hall–Kier alpha value is -2.10. The number of carbonyl (C=O) groups is 2. The van der Waals surface area contributed by atoms with Crippen LogP contribution in [0.3, 0.4) is 0 Å². The zero-order chi connectivity index (χ0) is 22.6. The fourth-order valence-corrected chi connectivity index (χ4v) is 3.97. The molecule has 0 aromatic heterocycles. The van der Waals surface area contributed by atoms with Gasteiger partial charge in [-0.15, -0.1) is 0 Å². The van der Waals surface area contributed by atoms with Crippen LogP contribution in [0.1, 0.15) is 24.8 Å². The Morgan fingerprint density at radius 3 is 2.35 bits per heavy atom. The number of halogens is 4. The summed E-state index contributed by atoms with van der Waals surface area (Å²) in [7, 11) is 1.81. The number of piperazine rings is 1. The minimum Gasteiger partial charge on any atom is -0.325 e. The lowest BCUT2D eigenvalue weighted by molar-refractivity contribution is -0.137. The fraction of sp³-hybridized carbons (Fsp3) is 0.524. The Balaban J connectivity index is 1.44. The highest BCUT2D eigenvalue weighted by atomic mass is 35.5. The molecule has 1 N–H and O–H groups in total. The first-order valence-corrected chi connectivity index (χ1v) is 10.6. The smallest absolute Gasteiger partial charge is 0.325 e. The van der Waals surface area contributed by atoms with E-state index >= 15 is 0 Å². The zero-order valence-corrected chi connectivity index (χ0v) is 18.1. The molecule has 31 heavy (non-hydrogen) atoms. The van der Waals surface area contributed by atoms with Crippen LogP contribution in [0.15, 0.2) is 30.0 Å². The highest BCUT2D eigenvalue weighted by molar-refractivity contribution is 6.31. The molecule has 0 spiro atoms. The largest absolute Gasteiger partial charge is 0.417 e. The number of allylic oxidation sites excluding steroid dienone is 2. The number of rotatable bonds is 6. The summed E-state index contributed by atoms with van der Waals surface area (Å²) in [5.74, 6) is -0.338. The molecule has 2 aliphatic rings. The lowest BCUT2D eigenvalue weighted by Gasteiger charge is -2.34. The van der Waals surface area contributed by atoms with Crippen LogP contribution in [0.5, 0.6) is 0 Å². The number of benzene rings is 1. The number of nitrogens with zero attached hydrogens (tertiary/aromatic N) is 3. The highest BCUT2D eigenvalue weighted by Crippen LogP contribution is 2.36. The Labute approximate surface area is 184 Å². The van der Waals surface area contributed by atoms with Gasteiger partial charge in [0.2, 0.25) is 11.8 Å². The Bertz CT molecular complexity index is 852. The van der Waals surface area contributed by atoms with Crippen molar-refractivity contribution in [1.29, 1.82) is 0 Å². The van der Waals surface area contributed by atoms with Gasteiger partial charge in [-0.05, 0) is 37.5 Å². The average Bonchev–Trinajstić information content (AvgIpc) is 3.24. The van der Waals surface area contributed by atoms with Crippen LogP contribution in [0, 0.1) is 0 Å². The second-order valence-corrected chi connectivity index (χ2v) is 8.24. The van der Waals surface area contributed by atoms with Crippen LogP contribution in [0.25, 0.3) is 0 Å². The second kappa shape index (κ2) is 10.0. The molecule has 1 saturated heterocycles. The number of hydrogen-bond donors (Lipinski definition) is 1. The summed E-state index contributed by atoms with van der Waals surface area (Å²) in [5, 5.41) is 2.09. The van der Waals surface area contributed by atoms with Gasteiger partial charge in [0.1, 0.15) is 0 Å². The van der Waals surface area contributed by atoms with Gasteiger partial charge < -0.3 is 10.2 Å². The number of amides is 2. The van der Waals surface area contributed by atoms with Crippen LogP contribution in [-0.4, -0.2) is 72.8 Å². The molecule has 2 amide bonds. The summed E-state index contributed by atoms with van der Waals surface area (Å²) >= 11 is 5.60. The maximum atomic E-state index is 13.0. The normalized spacial score (nSPS) is 18.0. The first-order valence-electron chi connectivity index (χ1n) is 10.2. The van der Waals surface area contributed by atoms with Gasteiger partial charge in [-0.25, -0.2) is 0 Å². The predicted molar refractivity (Wildman–Crippen MR) is 113 cm³/mol. The van der Waals surface area contributed by atoms with Crippen molar-refractivity contribution in [2.75, 3.05) is 51.6 Å². The van der Waals surface area contributed by atoms with E-state index < -0.39 is 22.7 Å². The summed E-state index contributed by atoms with van der Waals surface area (Å²) in [6.45, 7) is 2.89. The quantitative estimate of drug-likeness (QED) is 0.709. The van der Waals surface area contributed by atoms with Crippen molar-refractivity contribution in [3.8, 4) is 0 Å². The van der Waals surface area contributed by atoms with Crippen molar-refractivity contribution >= 4 is 29.1 Å². The van der Waals surface area contributed by atoms with E-state index in [1.54, 1.807) is 11.9 Å². The third kappa shape index (κ3) is 6.44. The first-order chi connectivity index (χ1) is 14.6. The molecule has 0 unspecified atom stereocenters. The zero-order valence-electron chi connectivity index (χ0n) is 17.3. The summed E-state index contributed by atoms with van der Waals surface area (Å²) in [4.78, 5) is 30.4. The fourth-order valence-electron chi connectivity index (χ4n) is 3.75. The molecule has 1 aliphatic carbocycles. The number of likely N-dealkylation sites (N-methyl/N-ethyl adjacent to an activating group) is 1. The van der Waals surface area contributed by atoms with Crippen LogP contribution >= 0.6 is 11.6 Å². The average molecular weight is 459 g/mol. The first kappa shape index (κ1) is 23.6. The SMILES string of the molecule is CN(C(=O)CN1CCN(CC(=O)Nc2ccc(Cl)c(C(F)(F)F)c2)CC1)C1=CCCC1. The molecule has 0 atom stereocenters. The molecule has 1 heterocycles. The van der Waals surface area contributed by atoms with Crippen molar-refractivity contribution in [3.63, 3.8) is 0 Å². The summed E-state index contributed by atoms with van der Waals surface area (Å²) in [6.07, 6.45) is 0.548. The highest BCUT2D eigenvalue weighted by Gasteiger charge is 2.33. The van der Waals surface area contributed by atoms with Gasteiger partial charge in [0.05, 0.1) is 23.7 Å². The second-order valence-electron chi connectivity index (χ2n) is 7.83. The molecule has 1 aromatic rings. The minimum atomic E-state index is -4.59. The van der Waals surface area contributed by atoms with E-state index in [1.807, 2.05) is 4.90 Å². The number of nitrogens with one attached hydrogen (secondary N) is 1. The molecule has 0 saturated carbocycles. The monoisotopic (exact) mass is 458 g/mol. The van der Waals surface area contributed by atoms with Gasteiger partial charge in [0.25, 0.3) is 0 Å². The van der Waals surface area contributed by atoms with Crippen molar-refractivity contribution in [3.05, 3.63) is 40.6 Å². The number of anilines is 1. The maximum absolute atomic E-state index is 13.0. The third-order valence-electron chi connectivity index (χ3n) is 5.57. The van der Waals surface area contributed by atoms with E-state index in [-0.39, 0.29) is 18.1 Å². The summed E-state index contributed by atoms with van der Waals surface area (Å²) in [6, 6.07) is 3.30. The Kier molecular flexibility index (Phi) is 7.61. The van der Waals surface area contributed by atoms with Crippen molar-refractivity contribution < 1.29 is 22.8 Å². The van der Waals surface area contributed by atoms with Crippen molar-refractivity contribution in [2.45, 2.75) is 25.4 Å². The van der Waals surface area contributed by atoms with Crippen LogP contribution in [0.4, 0.5) is 18.9 Å². The molecular weight excluding hydrogens is 433 g/mol. The molecule has 10 heteroatoms. The number of hydrogen-bond acceptors (Lipinski definition) is 4. The Morgan fingerprint density at radius 1 is 1.13 bits per heavy atom. The predicted octanol–water partition coefficient (Wildman–Crippen LogP) is 3.44. The molecule has 170 valence electrons. The summed E-state index contributed by atoms with van der Waals surface area (Å²) < 4.78 is 38.9. The van der Waals surface area contributed by atoms with Gasteiger partial charge in [-0.1, -0.05) is 17.7 Å². The molecule has 1 aromatic carbocycles. The van der Waals surface area contributed by atoms with Gasteiger partial charge in [0.15, 0.2) is 0 Å². The van der Waals surface area contributed by atoms with Crippen molar-refractivity contribution in [2.24, 2.45) is 0 Å². The van der Waals surface area contributed by atoms with Crippen LogP contribution in [-0.2, 0) is 15.8 Å². The van der Waals surface area contributed by atoms with E-state index in [0.29, 0.717) is 32.7 Å². The van der Waals surface area contributed by atoms with E-state index in [2.05, 4.69) is 16.3 Å². The minimum absolute atomic E-state index is 0.0511. The van der Waals surface area contributed by atoms with Crippen LogP contribution < -0.4 is 5.32 Å². The molecule has 3 rings (SSSR count).